The highest BCUT2D eigenvalue weighted by molar-refractivity contribution is 7.73. The lowest BCUT2D eigenvalue weighted by atomic mass is 9.92. The van der Waals surface area contributed by atoms with Crippen LogP contribution in [0.5, 0.6) is 0 Å². The maximum atomic E-state index is 10.6. The molecule has 0 spiro atoms. The molecule has 0 aromatic rings. The average molecular weight is 208 g/mol. The van der Waals surface area contributed by atoms with Crippen molar-refractivity contribution in [2.75, 3.05) is 13.2 Å². The van der Waals surface area contributed by atoms with Gasteiger partial charge in [0, 0.05) is 13.2 Å². The van der Waals surface area contributed by atoms with Crippen LogP contribution in [0, 0.1) is 5.92 Å². The molecule has 5 heteroatoms. The lowest BCUT2D eigenvalue weighted by Gasteiger charge is -2.28. The van der Waals surface area contributed by atoms with E-state index in [1.165, 1.54) is 0 Å². The van der Waals surface area contributed by atoms with Crippen LogP contribution < -0.4 is 0 Å². The number of aliphatic hydroxyl groups is 1. The van der Waals surface area contributed by atoms with Crippen LogP contribution in [-0.4, -0.2) is 38.1 Å². The van der Waals surface area contributed by atoms with Crippen molar-refractivity contribution in [2.24, 2.45) is 5.92 Å². The molecule has 0 radical (unpaired) electrons. The molecule has 78 valence electrons. The second kappa shape index (κ2) is 4.93. The number of aliphatic hydroxyl groups excluding tert-OH is 1. The van der Waals surface area contributed by atoms with E-state index in [0.717, 1.165) is 12.8 Å². The van der Waals surface area contributed by atoms with Gasteiger partial charge in [0.2, 0.25) is 0 Å². The van der Waals surface area contributed by atoms with E-state index in [0.29, 0.717) is 13.2 Å². The zero-order valence-corrected chi connectivity index (χ0v) is 8.57. The summed E-state index contributed by atoms with van der Waals surface area (Å²) in [5.74, 6) is 0.0802. The molecule has 0 bridgehead atoms. The highest BCUT2D eigenvalue weighted by atomic mass is 32.2. The van der Waals surface area contributed by atoms with Gasteiger partial charge in [-0.3, -0.25) is 0 Å². The summed E-state index contributed by atoms with van der Waals surface area (Å²) in [6, 6.07) is 0. The molecule has 0 aromatic carbocycles. The molecular formula is C8H16O4S. The molecule has 0 aromatic heterocycles. The predicted octanol–water partition coefficient (Wildman–Crippen LogP) is -0.226. The summed E-state index contributed by atoms with van der Waals surface area (Å²) in [7, 11) is -2.52. The Kier molecular flexibility index (Phi) is 4.15. The third-order valence-corrected chi connectivity index (χ3v) is 3.55. The van der Waals surface area contributed by atoms with Gasteiger partial charge in [0.15, 0.2) is 0 Å². The average Bonchev–Trinajstić information content (AvgIpc) is 2.17. The first kappa shape index (κ1) is 10.9. The van der Waals surface area contributed by atoms with Crippen molar-refractivity contribution in [2.45, 2.75) is 31.1 Å². The Morgan fingerprint density at radius 2 is 1.92 bits per heavy atom. The van der Waals surface area contributed by atoms with Crippen LogP contribution in [0.2, 0.25) is 0 Å². The molecule has 1 fully saturated rings. The van der Waals surface area contributed by atoms with Crippen LogP contribution in [0.4, 0.5) is 0 Å². The first-order valence-electron chi connectivity index (χ1n) is 4.52. The fourth-order valence-electron chi connectivity index (χ4n) is 1.58. The molecule has 0 amide bonds. The minimum atomic E-state index is -2.52. The van der Waals surface area contributed by atoms with Gasteiger partial charge in [0.25, 0.3) is 0 Å². The monoisotopic (exact) mass is 208 g/mol. The van der Waals surface area contributed by atoms with Crippen LogP contribution >= 0.6 is 0 Å². The van der Waals surface area contributed by atoms with E-state index in [4.69, 9.17) is 4.74 Å². The lowest BCUT2D eigenvalue weighted by molar-refractivity contribution is 0.00846. The van der Waals surface area contributed by atoms with Crippen molar-refractivity contribution in [3.63, 3.8) is 0 Å². The zero-order valence-electron chi connectivity index (χ0n) is 7.68. The first-order valence-corrected chi connectivity index (χ1v) is 5.77. The lowest BCUT2D eigenvalue weighted by Crippen LogP contribution is -2.35. The standard InChI is InChI=1S/C8H16O4S/c1-6(13(10)11)8(9)7-2-4-12-5-3-7/h6-9,13H,2-5H2,1H3/t6-,8-/m0/s1. The smallest absolute Gasteiger partial charge is 0.145 e. The van der Waals surface area contributed by atoms with E-state index in [2.05, 4.69) is 0 Å². The van der Waals surface area contributed by atoms with Crippen molar-refractivity contribution in [1.82, 2.24) is 0 Å². The van der Waals surface area contributed by atoms with Gasteiger partial charge in [-0.05, 0) is 25.7 Å². The highest BCUT2D eigenvalue weighted by Gasteiger charge is 2.27. The minimum absolute atomic E-state index is 0.0802. The Bertz CT molecular complexity index is 212. The first-order chi connectivity index (χ1) is 6.13. The third kappa shape index (κ3) is 2.93. The fourth-order valence-corrected chi connectivity index (χ4v) is 2.07. The van der Waals surface area contributed by atoms with Crippen molar-refractivity contribution in [3.8, 4) is 0 Å². The topological polar surface area (TPSA) is 63.6 Å². The molecular weight excluding hydrogens is 192 g/mol. The summed E-state index contributed by atoms with van der Waals surface area (Å²) in [6.45, 7) is 2.81. The van der Waals surface area contributed by atoms with Crippen LogP contribution in [0.15, 0.2) is 0 Å². The highest BCUT2D eigenvalue weighted by Crippen LogP contribution is 2.21. The Labute approximate surface area is 79.9 Å². The minimum Gasteiger partial charge on any atom is -0.392 e. The Hall–Kier alpha value is -0.130. The van der Waals surface area contributed by atoms with Crippen molar-refractivity contribution in [3.05, 3.63) is 0 Å². The quantitative estimate of drug-likeness (QED) is 0.629. The number of hydrogen-bond acceptors (Lipinski definition) is 4. The normalized spacial score (nSPS) is 24.5. The van der Waals surface area contributed by atoms with Gasteiger partial charge < -0.3 is 9.84 Å². The second-order valence-corrected chi connectivity index (χ2v) is 4.85. The van der Waals surface area contributed by atoms with Crippen molar-refractivity contribution < 1.29 is 18.3 Å². The zero-order chi connectivity index (χ0) is 9.84. The summed E-state index contributed by atoms with van der Waals surface area (Å²) >= 11 is 0. The van der Waals surface area contributed by atoms with E-state index in [1.807, 2.05) is 0 Å². The SMILES string of the molecule is C[C@@H]([C@H](O)C1CCOCC1)[SH](=O)=O. The van der Waals surface area contributed by atoms with Gasteiger partial charge in [-0.15, -0.1) is 0 Å². The maximum absolute atomic E-state index is 10.6. The molecule has 13 heavy (non-hydrogen) atoms. The van der Waals surface area contributed by atoms with Gasteiger partial charge in [-0.1, -0.05) is 0 Å². The van der Waals surface area contributed by atoms with Gasteiger partial charge in [-0.25, -0.2) is 8.42 Å². The number of rotatable bonds is 3. The summed E-state index contributed by atoms with van der Waals surface area (Å²) in [4.78, 5) is 0. The summed E-state index contributed by atoms with van der Waals surface area (Å²) in [5.41, 5.74) is 0. The van der Waals surface area contributed by atoms with E-state index < -0.39 is 22.1 Å². The van der Waals surface area contributed by atoms with E-state index in [9.17, 15) is 13.5 Å². The molecule has 0 aliphatic carbocycles. The molecule has 1 aliphatic rings. The van der Waals surface area contributed by atoms with Crippen LogP contribution in [0.25, 0.3) is 0 Å². The number of thiol groups is 1. The summed E-state index contributed by atoms with van der Waals surface area (Å²) in [5, 5.41) is 9.03. The molecule has 2 atom stereocenters. The van der Waals surface area contributed by atoms with Gasteiger partial charge >= 0.3 is 0 Å². The Morgan fingerprint density at radius 1 is 1.38 bits per heavy atom. The van der Waals surface area contributed by atoms with Crippen LogP contribution in [-0.2, 0) is 15.4 Å². The molecule has 1 aliphatic heterocycles. The molecule has 4 nitrogen and oxygen atoms in total. The molecule has 0 unspecified atom stereocenters. The van der Waals surface area contributed by atoms with E-state index >= 15 is 0 Å². The Morgan fingerprint density at radius 3 is 2.38 bits per heavy atom. The molecule has 1 saturated heterocycles. The second-order valence-electron chi connectivity index (χ2n) is 3.47. The molecule has 1 heterocycles. The molecule has 1 rings (SSSR count). The predicted molar refractivity (Wildman–Crippen MR) is 49.3 cm³/mol. The number of ether oxygens (including phenoxy) is 1. The van der Waals surface area contributed by atoms with Gasteiger partial charge in [0.05, 0.1) is 11.4 Å². The Balaban J connectivity index is 2.49. The van der Waals surface area contributed by atoms with E-state index in [1.54, 1.807) is 6.92 Å². The van der Waals surface area contributed by atoms with Crippen molar-refractivity contribution in [1.29, 1.82) is 0 Å². The van der Waals surface area contributed by atoms with Gasteiger partial charge in [0.1, 0.15) is 10.7 Å². The maximum Gasteiger partial charge on any atom is 0.145 e. The van der Waals surface area contributed by atoms with Crippen LogP contribution in [0.3, 0.4) is 0 Å². The molecule has 0 saturated carbocycles. The van der Waals surface area contributed by atoms with Crippen molar-refractivity contribution >= 4 is 10.7 Å². The summed E-state index contributed by atoms with van der Waals surface area (Å²) < 4.78 is 26.4. The number of hydrogen-bond donors (Lipinski definition) is 2. The van der Waals surface area contributed by atoms with E-state index in [-0.39, 0.29) is 5.92 Å². The fraction of sp³-hybridized carbons (Fsp3) is 1.00. The summed E-state index contributed by atoms with van der Waals surface area (Å²) in [6.07, 6.45) is 0.786. The third-order valence-electron chi connectivity index (χ3n) is 2.58. The van der Waals surface area contributed by atoms with Crippen LogP contribution in [0.1, 0.15) is 19.8 Å². The van der Waals surface area contributed by atoms with Gasteiger partial charge in [-0.2, -0.15) is 0 Å². The largest absolute Gasteiger partial charge is 0.392 e. The molecule has 1 N–H and O–H groups in total.